The van der Waals surface area contributed by atoms with Gasteiger partial charge in [-0.25, -0.2) is 13.4 Å². The van der Waals surface area contributed by atoms with Crippen molar-refractivity contribution in [3.63, 3.8) is 0 Å². The first-order chi connectivity index (χ1) is 10.8. The first-order valence-electron chi connectivity index (χ1n) is 7.09. The van der Waals surface area contributed by atoms with Crippen LogP contribution in [0.15, 0.2) is 24.3 Å². The van der Waals surface area contributed by atoms with E-state index in [1.54, 1.807) is 12.1 Å². The molecule has 122 valence electrons. The van der Waals surface area contributed by atoms with Gasteiger partial charge >= 0.3 is 0 Å². The van der Waals surface area contributed by atoms with E-state index in [-0.39, 0.29) is 23.5 Å². The molecular weight excluding hydrogens is 356 g/mol. The minimum atomic E-state index is -3.02. The molecule has 1 atom stereocenters. The van der Waals surface area contributed by atoms with Crippen molar-refractivity contribution in [1.29, 1.82) is 0 Å². The number of carbonyl (C=O) groups is 1. The minimum absolute atomic E-state index is 0.00592. The van der Waals surface area contributed by atoms with E-state index >= 15 is 0 Å². The second-order valence-corrected chi connectivity index (χ2v) is 9.37. The highest BCUT2D eigenvalue weighted by Crippen LogP contribution is 2.28. The average Bonchev–Trinajstić information content (AvgIpc) is 3.02. The van der Waals surface area contributed by atoms with Gasteiger partial charge in [0.05, 0.1) is 11.5 Å². The van der Waals surface area contributed by atoms with Crippen molar-refractivity contribution in [3.8, 4) is 10.6 Å². The second-order valence-electron chi connectivity index (χ2n) is 5.50. The number of thiazole rings is 1. The highest BCUT2D eigenvalue weighted by molar-refractivity contribution is 7.91. The van der Waals surface area contributed by atoms with Gasteiger partial charge in [0.2, 0.25) is 0 Å². The quantitative estimate of drug-likeness (QED) is 0.901. The number of hydrogen-bond acceptors (Lipinski definition) is 5. The molecule has 1 aliphatic heterocycles. The third-order valence-electron chi connectivity index (χ3n) is 3.67. The Morgan fingerprint density at radius 2 is 2.04 bits per heavy atom. The number of hydrogen-bond donors (Lipinski definition) is 1. The molecule has 8 heteroatoms. The van der Waals surface area contributed by atoms with Crippen LogP contribution in [0.25, 0.3) is 10.6 Å². The van der Waals surface area contributed by atoms with E-state index in [4.69, 9.17) is 11.6 Å². The maximum absolute atomic E-state index is 12.3. The largest absolute Gasteiger partial charge is 0.347 e. The Bertz CT molecular complexity index is 844. The fourth-order valence-electron chi connectivity index (χ4n) is 2.49. The molecule has 0 radical (unpaired) electrons. The van der Waals surface area contributed by atoms with Gasteiger partial charge in [0.15, 0.2) is 9.84 Å². The van der Waals surface area contributed by atoms with Gasteiger partial charge in [0.1, 0.15) is 10.7 Å². The van der Waals surface area contributed by atoms with Crippen molar-refractivity contribution < 1.29 is 13.2 Å². The summed E-state index contributed by atoms with van der Waals surface area (Å²) in [5.74, 6) is -0.184. The van der Waals surface area contributed by atoms with Crippen molar-refractivity contribution in [3.05, 3.63) is 39.9 Å². The van der Waals surface area contributed by atoms with Crippen molar-refractivity contribution in [2.45, 2.75) is 19.4 Å². The summed E-state index contributed by atoms with van der Waals surface area (Å²) in [6.45, 7) is 1.83. The zero-order chi connectivity index (χ0) is 16.6. The zero-order valence-electron chi connectivity index (χ0n) is 12.4. The van der Waals surface area contributed by atoms with Gasteiger partial charge in [-0.05, 0) is 25.5 Å². The average molecular weight is 371 g/mol. The number of nitrogens with one attached hydrogen (secondary N) is 1. The number of aromatic nitrogens is 1. The first-order valence-corrected chi connectivity index (χ1v) is 10.1. The van der Waals surface area contributed by atoms with Gasteiger partial charge < -0.3 is 5.32 Å². The summed E-state index contributed by atoms with van der Waals surface area (Å²) in [5, 5.41) is 4.15. The highest BCUT2D eigenvalue weighted by Gasteiger charge is 2.30. The molecule has 1 fully saturated rings. The molecule has 1 aromatic carbocycles. The van der Waals surface area contributed by atoms with E-state index in [1.165, 1.54) is 11.3 Å². The van der Waals surface area contributed by atoms with Gasteiger partial charge in [0.25, 0.3) is 5.91 Å². The van der Waals surface area contributed by atoms with Gasteiger partial charge in [-0.15, -0.1) is 11.3 Å². The highest BCUT2D eigenvalue weighted by atomic mass is 35.5. The maximum atomic E-state index is 12.3. The van der Waals surface area contributed by atoms with E-state index in [9.17, 15) is 13.2 Å². The Labute approximate surface area is 143 Å². The summed E-state index contributed by atoms with van der Waals surface area (Å²) in [7, 11) is -3.02. The Balaban J connectivity index is 1.78. The van der Waals surface area contributed by atoms with Crippen LogP contribution in [-0.4, -0.2) is 36.9 Å². The molecule has 1 unspecified atom stereocenters. The molecule has 0 spiro atoms. The van der Waals surface area contributed by atoms with Gasteiger partial charge in [0, 0.05) is 21.5 Å². The smallest absolute Gasteiger partial charge is 0.271 e. The van der Waals surface area contributed by atoms with E-state index in [1.807, 2.05) is 19.1 Å². The number of nitrogens with zero attached hydrogens (tertiary/aromatic N) is 1. The molecule has 1 aliphatic rings. The zero-order valence-corrected chi connectivity index (χ0v) is 14.8. The first kappa shape index (κ1) is 16.4. The molecule has 1 amide bonds. The van der Waals surface area contributed by atoms with Crippen LogP contribution in [0.1, 0.15) is 21.8 Å². The Hall–Kier alpha value is -1.44. The molecule has 1 saturated heterocycles. The number of rotatable bonds is 3. The van der Waals surface area contributed by atoms with Crippen LogP contribution in [0.2, 0.25) is 5.02 Å². The number of aryl methyl sites for hydroxylation is 1. The van der Waals surface area contributed by atoms with Crippen LogP contribution >= 0.6 is 22.9 Å². The molecule has 5 nitrogen and oxygen atoms in total. The molecule has 0 saturated carbocycles. The predicted octanol–water partition coefficient (Wildman–Crippen LogP) is 2.69. The number of carbonyl (C=O) groups excluding carboxylic acids is 1. The molecule has 1 aromatic heterocycles. The molecular formula is C15H15ClN2O3S2. The fourth-order valence-corrected chi connectivity index (χ4v) is 5.20. The topological polar surface area (TPSA) is 76.1 Å². The lowest BCUT2D eigenvalue weighted by molar-refractivity contribution is 0.0936. The molecule has 23 heavy (non-hydrogen) atoms. The fraction of sp³-hybridized carbons (Fsp3) is 0.333. The Morgan fingerprint density at radius 1 is 1.35 bits per heavy atom. The molecule has 0 bridgehead atoms. The summed E-state index contributed by atoms with van der Waals surface area (Å²) in [5.41, 5.74) is 1.24. The Morgan fingerprint density at radius 3 is 2.65 bits per heavy atom. The van der Waals surface area contributed by atoms with Crippen molar-refractivity contribution in [2.24, 2.45) is 0 Å². The van der Waals surface area contributed by atoms with Crippen LogP contribution in [0.5, 0.6) is 0 Å². The number of halogens is 1. The van der Waals surface area contributed by atoms with Crippen molar-refractivity contribution in [1.82, 2.24) is 10.3 Å². The summed E-state index contributed by atoms with van der Waals surface area (Å²) in [6.07, 6.45) is 0.460. The lowest BCUT2D eigenvalue weighted by Gasteiger charge is -2.09. The standard InChI is InChI=1S/C15H15ClN2O3S2/c1-9-13(14(19)17-12-6-7-23(20,21)8-12)18-15(22-9)10-2-4-11(16)5-3-10/h2-5,12H,6-8H2,1H3,(H,17,19). The molecule has 0 aliphatic carbocycles. The summed E-state index contributed by atoms with van der Waals surface area (Å²) >= 11 is 7.30. The van der Waals surface area contributed by atoms with E-state index < -0.39 is 9.84 Å². The molecule has 2 heterocycles. The third-order valence-corrected chi connectivity index (χ3v) is 6.71. The number of amides is 1. The van der Waals surface area contributed by atoms with Crippen molar-refractivity contribution in [2.75, 3.05) is 11.5 Å². The summed E-state index contributed by atoms with van der Waals surface area (Å²) in [4.78, 5) is 17.5. The Kier molecular flexibility index (Phi) is 4.44. The monoisotopic (exact) mass is 370 g/mol. The molecule has 1 N–H and O–H groups in total. The maximum Gasteiger partial charge on any atom is 0.271 e. The lowest BCUT2D eigenvalue weighted by atomic mass is 10.2. The van der Waals surface area contributed by atoms with Gasteiger partial charge in [-0.3, -0.25) is 4.79 Å². The van der Waals surface area contributed by atoms with Crippen LogP contribution in [-0.2, 0) is 9.84 Å². The van der Waals surface area contributed by atoms with Crippen LogP contribution < -0.4 is 5.32 Å². The van der Waals surface area contributed by atoms with E-state index in [2.05, 4.69) is 10.3 Å². The lowest BCUT2D eigenvalue weighted by Crippen LogP contribution is -2.36. The van der Waals surface area contributed by atoms with Gasteiger partial charge in [-0.2, -0.15) is 0 Å². The van der Waals surface area contributed by atoms with Crippen LogP contribution in [0, 0.1) is 6.92 Å². The van der Waals surface area contributed by atoms with Crippen LogP contribution in [0.3, 0.4) is 0 Å². The molecule has 3 rings (SSSR count). The minimum Gasteiger partial charge on any atom is -0.347 e. The van der Waals surface area contributed by atoms with Crippen molar-refractivity contribution >= 4 is 38.7 Å². The SMILES string of the molecule is Cc1sc(-c2ccc(Cl)cc2)nc1C(=O)NC1CCS(=O)(=O)C1. The number of benzene rings is 1. The predicted molar refractivity (Wildman–Crippen MR) is 91.8 cm³/mol. The second kappa shape index (κ2) is 6.22. The summed E-state index contributed by atoms with van der Waals surface area (Å²) in [6, 6.07) is 6.93. The van der Waals surface area contributed by atoms with E-state index in [0.29, 0.717) is 17.1 Å². The normalized spacial score (nSPS) is 19.7. The molecule has 2 aromatic rings. The third kappa shape index (κ3) is 3.73. The number of sulfone groups is 1. The summed E-state index contributed by atoms with van der Waals surface area (Å²) < 4.78 is 22.9. The van der Waals surface area contributed by atoms with Crippen LogP contribution in [0.4, 0.5) is 0 Å². The van der Waals surface area contributed by atoms with E-state index in [0.717, 1.165) is 15.4 Å². The van der Waals surface area contributed by atoms with Gasteiger partial charge in [-0.1, -0.05) is 23.7 Å².